The molecule has 76 valence electrons. The van der Waals surface area contributed by atoms with Gasteiger partial charge in [-0.3, -0.25) is 4.55 Å². The van der Waals surface area contributed by atoms with Crippen LogP contribution in [0, 0.1) is 0 Å². The summed E-state index contributed by atoms with van der Waals surface area (Å²) in [4.78, 5) is -0.322. The second kappa shape index (κ2) is 4.37. The number of nitrogens with zero attached hydrogens (tertiary/aromatic N) is 2. The molecule has 2 aromatic rings. The zero-order valence-corrected chi connectivity index (χ0v) is 8.90. The van der Waals surface area contributed by atoms with E-state index in [0.717, 1.165) is 11.5 Å². The Balaban J connectivity index is 0.00000112. The van der Waals surface area contributed by atoms with Gasteiger partial charge >= 0.3 is 18.9 Å². The van der Waals surface area contributed by atoms with Gasteiger partial charge < -0.3 is 0 Å². The summed E-state index contributed by atoms with van der Waals surface area (Å²) in [6.45, 7) is 0. The molecule has 1 N–H and O–H groups in total. The number of halogens is 1. The number of rotatable bonds is 1. The Morgan fingerprint density at radius 1 is 1.40 bits per heavy atom. The van der Waals surface area contributed by atoms with Gasteiger partial charge in [0, 0.05) is 0 Å². The summed E-state index contributed by atoms with van der Waals surface area (Å²) in [5.74, 6) is 0. The maximum atomic E-state index is 10.9. The fourth-order valence-electron chi connectivity index (χ4n) is 0.998. The molecule has 0 amide bonds. The van der Waals surface area contributed by atoms with Crippen LogP contribution in [0.4, 0.5) is 0 Å². The monoisotopic (exact) mass is 258 g/mol. The summed E-state index contributed by atoms with van der Waals surface area (Å²) in [5, 5.41) is 3.67. The van der Waals surface area contributed by atoms with Crippen LogP contribution in [0.5, 0.6) is 0 Å². The maximum absolute atomic E-state index is 10.9. The summed E-state index contributed by atoms with van der Waals surface area (Å²) in [7, 11) is -4.28. The normalized spacial score (nSPS) is 11.3. The zero-order chi connectivity index (χ0) is 10.3. The van der Waals surface area contributed by atoms with E-state index in [1.165, 1.54) is 12.1 Å². The van der Waals surface area contributed by atoms with E-state index in [1.54, 1.807) is 0 Å². The third kappa shape index (κ3) is 2.33. The molecule has 2 rings (SSSR count). The molecule has 0 aliphatic carbocycles. The van der Waals surface area contributed by atoms with Crippen LogP contribution in [-0.2, 0) is 10.1 Å². The van der Waals surface area contributed by atoms with Gasteiger partial charge in [-0.1, -0.05) is 16.1 Å². The Hall–Kier alpha value is -0.163. The van der Waals surface area contributed by atoms with Gasteiger partial charge in [0.2, 0.25) is 0 Å². The number of benzene rings is 1. The van der Waals surface area contributed by atoms with Crippen LogP contribution in [0.25, 0.3) is 10.2 Å². The van der Waals surface area contributed by atoms with Crippen molar-refractivity contribution >= 4 is 62.3 Å². The first-order valence-electron chi connectivity index (χ1n) is 3.38. The minimum atomic E-state index is -4.28. The Bertz CT molecular complexity index is 597. The van der Waals surface area contributed by atoms with Crippen LogP contribution in [0.1, 0.15) is 0 Å². The first kappa shape index (κ1) is 12.9. The van der Waals surface area contributed by atoms with Crippen molar-refractivity contribution in [3.63, 3.8) is 0 Å². The summed E-state index contributed by atoms with van der Waals surface area (Å²) >= 11 is 6.73. The SMILES string of the molecule is O=S(=O)(O)c1ccc2nnsc2c1Cl.[LiH]. The average Bonchev–Trinajstić information content (AvgIpc) is 2.50. The predicted octanol–water partition coefficient (Wildman–Crippen LogP) is 0.943. The fourth-order valence-corrected chi connectivity index (χ4v) is 2.79. The number of fused-ring (bicyclic) bond motifs is 1. The van der Waals surface area contributed by atoms with Crippen molar-refractivity contribution < 1.29 is 13.0 Å². The molecule has 0 saturated carbocycles. The molecule has 0 aliphatic heterocycles. The third-order valence-electron chi connectivity index (χ3n) is 1.60. The molecular weight excluding hydrogens is 255 g/mol. The van der Waals surface area contributed by atoms with Crippen LogP contribution in [0.15, 0.2) is 17.0 Å². The third-order valence-corrected chi connectivity index (χ3v) is 3.87. The molecule has 0 atom stereocenters. The first-order valence-corrected chi connectivity index (χ1v) is 5.97. The molecule has 15 heavy (non-hydrogen) atoms. The molecule has 1 aromatic carbocycles. The van der Waals surface area contributed by atoms with Crippen LogP contribution >= 0.6 is 23.1 Å². The van der Waals surface area contributed by atoms with E-state index in [9.17, 15) is 8.42 Å². The van der Waals surface area contributed by atoms with Gasteiger partial charge in [-0.2, -0.15) is 8.42 Å². The van der Waals surface area contributed by atoms with Crippen molar-refractivity contribution in [2.24, 2.45) is 0 Å². The summed E-state index contributed by atoms with van der Waals surface area (Å²) in [5.41, 5.74) is 0.507. The molecule has 5 nitrogen and oxygen atoms in total. The van der Waals surface area contributed by atoms with E-state index in [1.807, 2.05) is 0 Å². The average molecular weight is 259 g/mol. The van der Waals surface area contributed by atoms with E-state index in [2.05, 4.69) is 9.59 Å². The van der Waals surface area contributed by atoms with Crippen LogP contribution < -0.4 is 0 Å². The molecule has 0 aliphatic rings. The second-order valence-corrected chi connectivity index (χ2v) is 5.00. The molecule has 0 fully saturated rings. The van der Waals surface area contributed by atoms with E-state index >= 15 is 0 Å². The standard InChI is InChI=1S/C6H3ClN2O3S2.Li.H/c7-5-4(14(10,11)12)2-1-3-6(5)13-9-8-3;;/h1-2H,(H,10,11,12);;. The predicted molar refractivity (Wildman–Crippen MR) is 59.4 cm³/mol. The van der Waals surface area contributed by atoms with Crippen molar-refractivity contribution in [3.8, 4) is 0 Å². The van der Waals surface area contributed by atoms with E-state index < -0.39 is 10.1 Å². The number of aromatic nitrogens is 2. The minimum absolute atomic E-state index is 0. The van der Waals surface area contributed by atoms with E-state index in [-0.39, 0.29) is 28.8 Å². The second-order valence-electron chi connectivity index (χ2n) is 2.47. The van der Waals surface area contributed by atoms with E-state index in [4.69, 9.17) is 16.2 Å². The molecule has 0 bridgehead atoms. The van der Waals surface area contributed by atoms with Gasteiger partial charge in [0.05, 0.1) is 9.72 Å². The number of hydrogen-bond donors (Lipinski definition) is 1. The Morgan fingerprint density at radius 3 is 2.67 bits per heavy atom. The van der Waals surface area contributed by atoms with Crippen LogP contribution in [0.2, 0.25) is 5.02 Å². The summed E-state index contributed by atoms with van der Waals surface area (Å²) in [6.07, 6.45) is 0. The van der Waals surface area contributed by atoms with Crippen molar-refractivity contribution in [1.29, 1.82) is 0 Å². The van der Waals surface area contributed by atoms with Gasteiger partial charge in [0.1, 0.15) is 10.4 Å². The Labute approximate surface area is 107 Å². The van der Waals surface area contributed by atoms with Gasteiger partial charge in [-0.15, -0.1) is 5.10 Å². The van der Waals surface area contributed by atoms with Gasteiger partial charge in [-0.05, 0) is 23.7 Å². The molecule has 0 saturated heterocycles. The molecular formula is C6H4ClLiN2O3S2. The summed E-state index contributed by atoms with van der Waals surface area (Å²) < 4.78 is 34.6. The number of hydrogen-bond acceptors (Lipinski definition) is 5. The van der Waals surface area contributed by atoms with Gasteiger partial charge in [0.25, 0.3) is 10.1 Å². The summed E-state index contributed by atoms with van der Waals surface area (Å²) in [6, 6.07) is 2.63. The molecule has 0 radical (unpaired) electrons. The Morgan fingerprint density at radius 2 is 2.07 bits per heavy atom. The topological polar surface area (TPSA) is 80.2 Å². The first-order chi connectivity index (χ1) is 6.50. The van der Waals surface area contributed by atoms with Crippen molar-refractivity contribution in [3.05, 3.63) is 17.2 Å². The molecule has 0 spiro atoms. The van der Waals surface area contributed by atoms with Gasteiger partial charge in [-0.25, -0.2) is 0 Å². The van der Waals surface area contributed by atoms with Crippen LogP contribution in [0.3, 0.4) is 0 Å². The molecule has 9 heteroatoms. The van der Waals surface area contributed by atoms with Gasteiger partial charge in [0.15, 0.2) is 0 Å². The molecule has 0 unspecified atom stereocenters. The molecule has 1 heterocycles. The zero-order valence-electron chi connectivity index (χ0n) is 6.51. The van der Waals surface area contributed by atoms with Crippen molar-refractivity contribution in [1.82, 2.24) is 9.59 Å². The van der Waals surface area contributed by atoms with Crippen LogP contribution in [-0.4, -0.2) is 41.4 Å². The molecule has 1 aromatic heterocycles. The van der Waals surface area contributed by atoms with E-state index in [0.29, 0.717) is 10.2 Å². The quantitative estimate of drug-likeness (QED) is 0.608. The fraction of sp³-hybridized carbons (Fsp3) is 0. The van der Waals surface area contributed by atoms with Crippen molar-refractivity contribution in [2.75, 3.05) is 0 Å². The van der Waals surface area contributed by atoms with Crippen molar-refractivity contribution in [2.45, 2.75) is 4.90 Å². The Kier molecular flexibility index (Phi) is 3.76.